The summed E-state index contributed by atoms with van der Waals surface area (Å²) in [5.41, 5.74) is -0.740. The van der Waals surface area contributed by atoms with E-state index in [0.29, 0.717) is 25.7 Å². The zero-order chi connectivity index (χ0) is 73.1. The van der Waals surface area contributed by atoms with Gasteiger partial charge in [-0.15, -0.1) is 0 Å². The number of unbranched alkanes of at least 4 members (excludes halogenated alkanes) is 44. The smallest absolute Gasteiger partial charge is 0.744 e. The fourth-order valence-electron chi connectivity index (χ4n) is 11.7. The summed E-state index contributed by atoms with van der Waals surface area (Å²) < 4.78 is 91.2. The van der Waals surface area contributed by atoms with Crippen molar-refractivity contribution in [1.82, 2.24) is 0 Å². The van der Waals surface area contributed by atoms with Gasteiger partial charge in [0.15, 0.2) is 0 Å². The van der Waals surface area contributed by atoms with Crippen molar-refractivity contribution in [2.24, 2.45) is 0 Å². The van der Waals surface area contributed by atoms with Crippen LogP contribution in [-0.2, 0) is 39.2 Å². The summed E-state index contributed by atoms with van der Waals surface area (Å²) in [4.78, 5) is 50.2. The van der Waals surface area contributed by atoms with Gasteiger partial charge in [-0.25, -0.2) is 36.0 Å². The molecule has 572 valence electrons. The summed E-state index contributed by atoms with van der Waals surface area (Å²) in [6.45, 7) is 9.62. The van der Waals surface area contributed by atoms with E-state index in [1.807, 2.05) is 0 Å². The molecule has 14 nitrogen and oxygen atoms in total. The average Bonchev–Trinajstić information content (AvgIpc) is 0.819. The van der Waals surface area contributed by atoms with Crippen LogP contribution in [0.25, 0.3) is 0 Å². The molecule has 0 aliphatic heterocycles. The van der Waals surface area contributed by atoms with Gasteiger partial charge >= 0.3 is 61.6 Å². The molecule has 0 atom stereocenters. The predicted molar refractivity (Wildman–Crippen MR) is 415 cm³/mol. The van der Waals surface area contributed by atoms with Crippen LogP contribution in [0.2, 0.25) is 0 Å². The van der Waals surface area contributed by atoms with Gasteiger partial charge in [0.25, 0.3) is 0 Å². The Morgan fingerprint density at radius 1 is 0.267 bits per heavy atom. The molecule has 0 aliphatic carbocycles. The third kappa shape index (κ3) is 57.3. The van der Waals surface area contributed by atoms with Gasteiger partial charge in [0.1, 0.15) is 20.2 Å². The van der Waals surface area contributed by atoms with Crippen molar-refractivity contribution in [1.29, 1.82) is 0 Å². The standard InChI is InChI=1S/2C42H70O7S.Ca/c2*1-3-5-7-9-11-13-15-17-19-21-23-25-27-29-31-35-48-41(43)39-34-33-38(50(45,46)47)37-40(39)42(44)49-36-32-30-28-26-24-22-20-18-16-14-12-10-8-6-4-2;/h2*21-24,33-34,37H,3-20,25-32,35-36H2,1-2H3,(H,45,46,47);/q;;+2/p-2/b2*23-21+,24-22+;. The third-order valence-electron chi connectivity index (χ3n) is 18.0. The largest absolute Gasteiger partial charge is 2.00 e. The van der Waals surface area contributed by atoms with Gasteiger partial charge in [-0.3, -0.25) is 0 Å². The van der Waals surface area contributed by atoms with Crippen LogP contribution in [-0.4, -0.2) is 114 Å². The Labute approximate surface area is 645 Å². The zero-order valence-corrected chi connectivity index (χ0v) is 67.8. The van der Waals surface area contributed by atoms with E-state index < -0.39 is 53.9 Å². The summed E-state index contributed by atoms with van der Waals surface area (Å²) in [7, 11) is -9.64. The van der Waals surface area contributed by atoms with Gasteiger partial charge in [-0.2, -0.15) is 0 Å². The second-order valence-electron chi connectivity index (χ2n) is 27.2. The van der Waals surface area contributed by atoms with E-state index >= 15 is 0 Å². The van der Waals surface area contributed by atoms with Crippen LogP contribution in [0.5, 0.6) is 0 Å². The molecular formula is C84H138CaO14S2. The average molecular weight is 1480 g/mol. The van der Waals surface area contributed by atoms with Crippen molar-refractivity contribution in [3.63, 3.8) is 0 Å². The molecule has 0 radical (unpaired) electrons. The number of hydrogen-bond donors (Lipinski definition) is 0. The summed E-state index contributed by atoms with van der Waals surface area (Å²) >= 11 is 0. The van der Waals surface area contributed by atoms with Gasteiger partial charge in [0.2, 0.25) is 0 Å². The third-order valence-corrected chi connectivity index (χ3v) is 19.7. The van der Waals surface area contributed by atoms with Crippen molar-refractivity contribution < 1.29 is 64.1 Å². The first kappa shape index (κ1) is 97.4. The molecule has 17 heteroatoms. The molecule has 0 unspecified atom stereocenters. The van der Waals surface area contributed by atoms with Crippen molar-refractivity contribution in [3.8, 4) is 0 Å². The van der Waals surface area contributed by atoms with Crippen LogP contribution in [0.3, 0.4) is 0 Å². The molecule has 0 aliphatic rings. The second kappa shape index (κ2) is 69.4. The molecule has 0 saturated carbocycles. The number of ether oxygens (including phenoxy) is 4. The van der Waals surface area contributed by atoms with Gasteiger partial charge in [0.05, 0.1) is 58.5 Å². The first-order chi connectivity index (χ1) is 48.6. The first-order valence-corrected chi connectivity index (χ1v) is 42.9. The summed E-state index contributed by atoms with van der Waals surface area (Å²) in [6.07, 6.45) is 78.8. The monoisotopic (exact) mass is 1470 g/mol. The fraction of sp³-hybridized carbons (Fsp3) is 0.714. The molecule has 0 bridgehead atoms. The molecule has 0 N–H and O–H groups in total. The van der Waals surface area contributed by atoms with Crippen LogP contribution < -0.4 is 0 Å². The van der Waals surface area contributed by atoms with Gasteiger partial charge in [-0.1, -0.05) is 256 Å². The number of esters is 4. The maximum Gasteiger partial charge on any atom is 2.00 e. The molecule has 0 amide bonds. The topological polar surface area (TPSA) is 220 Å². The Kier molecular flexibility index (Phi) is 66.9. The minimum Gasteiger partial charge on any atom is -0.744 e. The fourth-order valence-corrected chi connectivity index (χ4v) is 12.7. The van der Waals surface area contributed by atoms with Crippen molar-refractivity contribution >= 4 is 81.9 Å². The zero-order valence-electron chi connectivity index (χ0n) is 63.9. The van der Waals surface area contributed by atoms with E-state index in [1.54, 1.807) is 0 Å². The minimum absolute atomic E-state index is 0. The van der Waals surface area contributed by atoms with Gasteiger partial charge in [-0.05, 0) is 190 Å². The molecule has 0 heterocycles. The number of hydrogen-bond acceptors (Lipinski definition) is 14. The summed E-state index contributed by atoms with van der Waals surface area (Å²) in [6, 6.07) is 6.19. The van der Waals surface area contributed by atoms with Crippen LogP contribution >= 0.6 is 0 Å². The molecular weight excluding hydrogens is 1340 g/mol. The van der Waals surface area contributed by atoms with Gasteiger partial charge in [0, 0.05) is 0 Å². The second-order valence-corrected chi connectivity index (χ2v) is 30.0. The molecule has 0 saturated heterocycles. The minimum atomic E-state index is -4.82. The Bertz CT molecular complexity index is 2540. The van der Waals surface area contributed by atoms with Crippen LogP contribution in [0, 0.1) is 0 Å². The summed E-state index contributed by atoms with van der Waals surface area (Å²) in [5, 5.41) is 0. The Morgan fingerprint density at radius 3 is 0.624 bits per heavy atom. The quantitative estimate of drug-likeness (QED) is 0.0150. The molecule has 101 heavy (non-hydrogen) atoms. The first-order valence-electron chi connectivity index (χ1n) is 40.1. The maximum atomic E-state index is 12.9. The Hall–Kier alpha value is -3.64. The maximum absolute atomic E-state index is 12.9. The molecule has 2 aromatic carbocycles. The summed E-state index contributed by atoms with van der Waals surface area (Å²) in [5.74, 6) is -3.16. The Morgan fingerprint density at radius 2 is 0.436 bits per heavy atom. The van der Waals surface area contributed by atoms with E-state index in [4.69, 9.17) is 18.9 Å². The van der Waals surface area contributed by atoms with Crippen molar-refractivity contribution in [2.75, 3.05) is 26.4 Å². The van der Waals surface area contributed by atoms with Crippen LogP contribution in [0.1, 0.15) is 403 Å². The molecule has 0 fully saturated rings. The van der Waals surface area contributed by atoms with E-state index in [0.717, 1.165) is 139 Å². The van der Waals surface area contributed by atoms with E-state index in [-0.39, 0.29) is 86.4 Å². The number of rotatable bonds is 66. The Balaban J connectivity index is 0.00000196. The van der Waals surface area contributed by atoms with Gasteiger partial charge < -0.3 is 28.1 Å². The number of carbonyl (C=O) groups is 4. The molecule has 0 aromatic heterocycles. The normalized spacial score (nSPS) is 11.8. The van der Waals surface area contributed by atoms with E-state index in [1.165, 1.54) is 205 Å². The molecule has 2 rings (SSSR count). The number of carbonyl (C=O) groups excluding carboxylic acids is 4. The van der Waals surface area contributed by atoms with Crippen LogP contribution in [0.15, 0.2) is 94.8 Å². The molecule has 2 aromatic rings. The van der Waals surface area contributed by atoms with Crippen molar-refractivity contribution in [2.45, 2.75) is 371 Å². The van der Waals surface area contributed by atoms with Crippen LogP contribution in [0.4, 0.5) is 0 Å². The SMILES string of the molecule is CCCCCCCCCC/C=C/CCCCCOC(=O)c1ccc(S(=O)(=O)[O-])cc1C(=O)OCCCCC/C=C/CCCCCCCCCC.CCCCCCCCCC/C=C/CCCCCOC(=O)c1ccc(S(=O)(=O)[O-])cc1C(=O)OCCCCC/C=C/CCCCCCCCCC.[Ca+2]. The van der Waals surface area contributed by atoms with E-state index in [2.05, 4.69) is 76.3 Å². The van der Waals surface area contributed by atoms with Crippen molar-refractivity contribution in [3.05, 3.63) is 107 Å². The van der Waals surface area contributed by atoms with E-state index in [9.17, 15) is 45.1 Å². The number of allylic oxidation sites excluding steroid dienone is 8. The predicted octanol–water partition coefficient (Wildman–Crippen LogP) is 24.0. The number of benzene rings is 2. The molecule has 0 spiro atoms.